The monoisotopic (exact) mass is 254 g/mol. The predicted octanol–water partition coefficient (Wildman–Crippen LogP) is -4.26. The van der Waals surface area contributed by atoms with E-state index in [2.05, 4.69) is 6.58 Å². The summed E-state index contributed by atoms with van der Waals surface area (Å²) in [5.41, 5.74) is 0. The van der Waals surface area contributed by atoms with Crippen molar-refractivity contribution in [1.29, 1.82) is 0 Å². The van der Waals surface area contributed by atoms with E-state index in [0.717, 1.165) is 0 Å². The van der Waals surface area contributed by atoms with Crippen LogP contribution in [0.3, 0.4) is 0 Å². The Hall–Kier alpha value is 0.490. The van der Waals surface area contributed by atoms with Crippen LogP contribution in [0.1, 0.15) is 7.85 Å². The van der Waals surface area contributed by atoms with Crippen LogP contribution in [0.2, 0.25) is 0 Å². The van der Waals surface area contributed by atoms with Crippen LogP contribution in [-0.2, 0) is 10.4 Å². The van der Waals surface area contributed by atoms with Gasteiger partial charge in [-0.1, -0.05) is 6.08 Å². The third-order valence-corrected chi connectivity index (χ3v) is 1.04. The van der Waals surface area contributed by atoms with Crippen molar-refractivity contribution in [3.63, 3.8) is 0 Å². The van der Waals surface area contributed by atoms with Crippen LogP contribution in [0, 0.1) is 0 Å². The van der Waals surface area contributed by atoms with E-state index < -0.39 is 29.2 Å². The Labute approximate surface area is 112 Å². The number of rotatable bonds is 4. The van der Waals surface area contributed by atoms with Crippen molar-refractivity contribution in [3.05, 3.63) is 12.7 Å². The third-order valence-electron chi connectivity index (χ3n) is 1.04. The molecule has 5 N–H and O–H groups in total. The molecular weight excluding hydrogens is 239 g/mol. The largest absolute Gasteiger partial charge is 1.00 e. The van der Waals surface area contributed by atoms with E-state index in [0.29, 0.717) is 6.42 Å². The Morgan fingerprint density at radius 1 is 1.27 bits per heavy atom. The molecule has 0 amide bonds. The summed E-state index contributed by atoms with van der Waals surface area (Å²) >= 11 is 0. The fourth-order valence-corrected chi connectivity index (χ4v) is 0.450. The van der Waals surface area contributed by atoms with Gasteiger partial charge in [0.05, 0.1) is 12.7 Å². The van der Waals surface area contributed by atoms with Crippen LogP contribution in [0.5, 0.6) is 0 Å². The molecule has 0 aromatic heterocycles. The summed E-state index contributed by atoms with van der Waals surface area (Å²) in [6.45, 7) is 2.96. The third kappa shape index (κ3) is 25.1. The van der Waals surface area contributed by atoms with Crippen molar-refractivity contribution in [2.24, 2.45) is 0 Å². The van der Waals surface area contributed by atoms with E-state index in [1.807, 2.05) is 0 Å². The Kier molecular flexibility index (Phi) is 15.3. The van der Waals surface area contributed by atoms with Gasteiger partial charge in [0, 0.05) is 0 Å². The van der Waals surface area contributed by atoms with E-state index in [1.54, 1.807) is 0 Å². The van der Waals surface area contributed by atoms with Gasteiger partial charge >= 0.3 is 40.0 Å². The fraction of sp³-hybridized carbons (Fsp3) is 0.667. The van der Waals surface area contributed by atoms with E-state index in [-0.39, 0.29) is 31.0 Å². The molecule has 2 atom stereocenters. The minimum Gasteiger partial charge on any atom is -1.00 e. The van der Waals surface area contributed by atoms with Crippen molar-refractivity contribution in [3.8, 4) is 0 Å². The Morgan fingerprint density at radius 2 is 1.60 bits per heavy atom. The van der Waals surface area contributed by atoms with Crippen LogP contribution >= 0.6 is 0 Å². The smallest absolute Gasteiger partial charge is 1.00 e. The minimum atomic E-state index is -4.67. The van der Waals surface area contributed by atoms with Gasteiger partial charge in [-0.15, -0.1) is 6.58 Å². The number of hydrogen-bond donors (Lipinski definition) is 5. The van der Waals surface area contributed by atoms with Gasteiger partial charge in [-0.25, -0.2) is 0 Å². The quantitative estimate of drug-likeness (QED) is 0.195. The zero-order chi connectivity index (χ0) is 11.8. The molecule has 0 aliphatic heterocycles. The molecule has 9 heteroatoms. The van der Waals surface area contributed by atoms with Crippen molar-refractivity contribution in [1.82, 2.24) is 0 Å². The average molecular weight is 254 g/mol. The molecule has 0 heterocycles. The Morgan fingerprint density at radius 3 is 1.80 bits per heavy atom. The molecule has 0 saturated carbocycles. The summed E-state index contributed by atoms with van der Waals surface area (Å²) in [5.74, 6) is 0. The maximum absolute atomic E-state index is 8.84. The van der Waals surface area contributed by atoms with Gasteiger partial charge in [-0.3, -0.25) is 9.11 Å². The van der Waals surface area contributed by atoms with E-state index in [4.69, 9.17) is 32.8 Å². The fourth-order valence-electron chi connectivity index (χ4n) is 0.450. The van der Waals surface area contributed by atoms with Gasteiger partial charge in [0.2, 0.25) is 0 Å². The summed E-state index contributed by atoms with van der Waals surface area (Å²) in [7, 11) is -4.67. The molecule has 2 unspecified atom stereocenters. The van der Waals surface area contributed by atoms with Gasteiger partial charge in [-0.05, 0) is 6.42 Å². The Bertz CT molecular complexity index is 237. The van der Waals surface area contributed by atoms with Crippen LogP contribution in [-0.4, -0.2) is 51.7 Å². The molecule has 0 aliphatic carbocycles. The van der Waals surface area contributed by atoms with Crippen molar-refractivity contribution < 1.29 is 63.8 Å². The molecule has 15 heavy (non-hydrogen) atoms. The molecule has 0 saturated heterocycles. The normalized spacial score (nSPS) is 13.9. The minimum absolute atomic E-state index is 0. The van der Waals surface area contributed by atoms with Gasteiger partial charge in [0.15, 0.2) is 0 Å². The number of aliphatic hydroxyl groups is 3. The van der Waals surface area contributed by atoms with E-state index in [1.165, 1.54) is 6.08 Å². The zero-order valence-corrected chi connectivity index (χ0v) is 11.1. The molecule has 0 fully saturated rings. The summed E-state index contributed by atoms with van der Waals surface area (Å²) in [5, 5.41) is 25.8. The summed E-state index contributed by atoms with van der Waals surface area (Å²) in [4.78, 5) is 0. The zero-order valence-electron chi connectivity index (χ0n) is 9.31. The second kappa shape index (κ2) is 11.0. The molecule has 0 aliphatic rings. The second-order valence-electron chi connectivity index (χ2n) is 2.29. The van der Waals surface area contributed by atoms with Crippen LogP contribution in [0.25, 0.3) is 0 Å². The first-order valence-electron chi connectivity index (χ1n) is 3.50. The van der Waals surface area contributed by atoms with Crippen molar-refractivity contribution in [2.75, 3.05) is 6.61 Å². The van der Waals surface area contributed by atoms with E-state index >= 15 is 0 Å². The van der Waals surface area contributed by atoms with Crippen LogP contribution < -0.4 is 29.6 Å². The van der Waals surface area contributed by atoms with Crippen molar-refractivity contribution >= 4 is 10.4 Å². The van der Waals surface area contributed by atoms with Gasteiger partial charge < -0.3 is 16.7 Å². The van der Waals surface area contributed by atoms with E-state index in [9.17, 15) is 0 Å². The number of aliphatic hydroxyl groups excluding tert-OH is 3. The molecule has 88 valence electrons. The maximum atomic E-state index is 8.84. The summed E-state index contributed by atoms with van der Waals surface area (Å²) < 4.78 is 31.6. The van der Waals surface area contributed by atoms with Gasteiger partial charge in [0.25, 0.3) is 0 Å². The summed E-state index contributed by atoms with van der Waals surface area (Å²) in [6, 6.07) is 0. The molecule has 0 aromatic carbocycles. The number of hydrogen-bond acceptors (Lipinski definition) is 5. The molecule has 0 aromatic rings. The molecule has 0 spiro atoms. The van der Waals surface area contributed by atoms with Gasteiger partial charge in [-0.2, -0.15) is 8.42 Å². The topological polar surface area (TPSA) is 135 Å². The second-order valence-corrected chi connectivity index (χ2v) is 3.19. The first kappa shape index (κ1) is 20.8. The molecular formula is C6H15NaO7S. The van der Waals surface area contributed by atoms with Crippen LogP contribution in [0.4, 0.5) is 0 Å². The SMILES string of the molecule is C=CCC(O)C(O)CO.O=S(=O)(O)O.[H-].[Na+]. The molecule has 0 radical (unpaired) electrons. The standard InChI is InChI=1S/C6H12O3.Na.H2O4S.H/c1-2-3-5(8)6(9)4-7;;1-5(2,3)4;/h2,5-9H,1,3-4H2;;(H2,1,2,3,4);/q;+1;;-1. The van der Waals surface area contributed by atoms with Crippen molar-refractivity contribution in [2.45, 2.75) is 18.6 Å². The maximum Gasteiger partial charge on any atom is 1.00 e. The van der Waals surface area contributed by atoms with Gasteiger partial charge in [0.1, 0.15) is 6.10 Å². The molecule has 0 rings (SSSR count). The first-order valence-corrected chi connectivity index (χ1v) is 4.89. The average Bonchev–Trinajstić information content (AvgIpc) is 2.00. The first-order chi connectivity index (χ1) is 6.22. The summed E-state index contributed by atoms with van der Waals surface area (Å²) in [6.07, 6.45) is -0.124. The predicted molar refractivity (Wildman–Crippen MR) is 49.2 cm³/mol. The molecule has 0 bridgehead atoms. The molecule has 7 nitrogen and oxygen atoms in total. The Balaban J connectivity index is -0.0000000904. The van der Waals surface area contributed by atoms with Crippen LogP contribution in [0.15, 0.2) is 12.7 Å².